The highest BCUT2D eigenvalue weighted by atomic mass is 32.1. The Hall–Kier alpha value is -1.39. The van der Waals surface area contributed by atoms with Crippen molar-refractivity contribution in [3.63, 3.8) is 0 Å². The highest BCUT2D eigenvalue weighted by Gasteiger charge is 2.13. The van der Waals surface area contributed by atoms with E-state index in [1.54, 1.807) is 11.3 Å². The van der Waals surface area contributed by atoms with Gasteiger partial charge in [-0.1, -0.05) is 18.2 Å². The molecule has 1 aromatic carbocycles. The van der Waals surface area contributed by atoms with Crippen LogP contribution in [0.25, 0.3) is 10.1 Å². The van der Waals surface area contributed by atoms with E-state index in [2.05, 4.69) is 0 Å². The van der Waals surface area contributed by atoms with Gasteiger partial charge in [-0.05, 0) is 22.4 Å². The van der Waals surface area contributed by atoms with Gasteiger partial charge >= 0.3 is 0 Å². The van der Waals surface area contributed by atoms with Crippen LogP contribution in [-0.4, -0.2) is 5.91 Å². The van der Waals surface area contributed by atoms with Crippen LogP contribution in [0, 0.1) is 0 Å². The van der Waals surface area contributed by atoms with Crippen molar-refractivity contribution in [3.8, 4) is 0 Å². The molecule has 0 aliphatic rings. The van der Waals surface area contributed by atoms with Gasteiger partial charge in [0.1, 0.15) is 0 Å². The number of thiophene rings is 1. The second kappa shape index (κ2) is 4.00. The molecule has 4 N–H and O–H groups in total. The maximum Gasteiger partial charge on any atom is 0.219 e. The van der Waals surface area contributed by atoms with Crippen molar-refractivity contribution in [3.05, 3.63) is 35.2 Å². The SMILES string of the molecule is NC(=O)CC(N)c1csc2ccccc12. The Morgan fingerprint density at radius 1 is 1.40 bits per heavy atom. The smallest absolute Gasteiger partial charge is 0.219 e. The first-order valence-electron chi connectivity index (χ1n) is 4.68. The fourth-order valence-corrected chi connectivity index (χ4v) is 2.64. The molecule has 0 saturated carbocycles. The lowest BCUT2D eigenvalue weighted by Gasteiger charge is -2.07. The zero-order chi connectivity index (χ0) is 10.8. The van der Waals surface area contributed by atoms with Gasteiger partial charge in [-0.3, -0.25) is 4.79 Å². The van der Waals surface area contributed by atoms with Gasteiger partial charge in [0, 0.05) is 17.2 Å². The van der Waals surface area contributed by atoms with Crippen LogP contribution >= 0.6 is 11.3 Å². The van der Waals surface area contributed by atoms with Crippen molar-refractivity contribution in [2.75, 3.05) is 0 Å². The van der Waals surface area contributed by atoms with Crippen molar-refractivity contribution < 1.29 is 4.79 Å². The number of hydrogen-bond acceptors (Lipinski definition) is 3. The summed E-state index contributed by atoms with van der Waals surface area (Å²) < 4.78 is 1.19. The fourth-order valence-electron chi connectivity index (χ4n) is 1.61. The molecular weight excluding hydrogens is 208 g/mol. The van der Waals surface area contributed by atoms with Gasteiger partial charge in [-0.15, -0.1) is 11.3 Å². The van der Waals surface area contributed by atoms with Crippen LogP contribution in [0.2, 0.25) is 0 Å². The highest BCUT2D eigenvalue weighted by molar-refractivity contribution is 7.17. The number of fused-ring (bicyclic) bond motifs is 1. The summed E-state index contributed by atoms with van der Waals surface area (Å²) in [6.45, 7) is 0. The van der Waals surface area contributed by atoms with Crippen LogP contribution in [-0.2, 0) is 4.79 Å². The Kier molecular flexibility index (Phi) is 2.70. The van der Waals surface area contributed by atoms with Crippen molar-refractivity contribution in [1.29, 1.82) is 0 Å². The summed E-state index contributed by atoms with van der Waals surface area (Å²) in [5.41, 5.74) is 12.0. The molecule has 0 fully saturated rings. The van der Waals surface area contributed by atoms with Gasteiger partial charge in [-0.2, -0.15) is 0 Å². The minimum Gasteiger partial charge on any atom is -0.370 e. The zero-order valence-electron chi connectivity index (χ0n) is 8.14. The number of carbonyl (C=O) groups is 1. The van der Waals surface area contributed by atoms with E-state index >= 15 is 0 Å². The molecule has 0 spiro atoms. The number of nitrogens with two attached hydrogens (primary N) is 2. The van der Waals surface area contributed by atoms with E-state index in [0.717, 1.165) is 10.9 Å². The number of carbonyl (C=O) groups excluding carboxylic acids is 1. The number of hydrogen-bond donors (Lipinski definition) is 2. The van der Waals surface area contributed by atoms with Crippen molar-refractivity contribution in [2.45, 2.75) is 12.5 Å². The van der Waals surface area contributed by atoms with Gasteiger partial charge in [-0.25, -0.2) is 0 Å². The molecule has 3 nitrogen and oxygen atoms in total. The van der Waals surface area contributed by atoms with E-state index < -0.39 is 0 Å². The first kappa shape index (κ1) is 10.1. The number of benzene rings is 1. The Morgan fingerprint density at radius 3 is 2.87 bits per heavy atom. The number of amides is 1. The molecule has 0 aliphatic heterocycles. The average Bonchev–Trinajstić information content (AvgIpc) is 2.59. The summed E-state index contributed by atoms with van der Waals surface area (Å²) >= 11 is 1.64. The largest absolute Gasteiger partial charge is 0.370 e. The molecule has 1 aromatic heterocycles. The van der Waals surface area contributed by atoms with Crippen LogP contribution in [0.15, 0.2) is 29.6 Å². The lowest BCUT2D eigenvalue weighted by atomic mass is 10.0. The lowest BCUT2D eigenvalue weighted by Crippen LogP contribution is -2.20. The molecule has 1 amide bonds. The minimum atomic E-state index is -0.363. The summed E-state index contributed by atoms with van der Waals surface area (Å²) in [5.74, 6) is -0.363. The molecule has 0 aliphatic carbocycles. The Labute approximate surface area is 91.7 Å². The van der Waals surface area contributed by atoms with E-state index in [0.29, 0.717) is 0 Å². The first-order chi connectivity index (χ1) is 7.18. The van der Waals surface area contributed by atoms with Gasteiger partial charge < -0.3 is 11.5 Å². The molecular formula is C11H12N2OS. The highest BCUT2D eigenvalue weighted by Crippen LogP contribution is 2.30. The quantitative estimate of drug-likeness (QED) is 0.827. The van der Waals surface area contributed by atoms with Crippen LogP contribution in [0.5, 0.6) is 0 Å². The Bertz CT molecular complexity index is 492. The lowest BCUT2D eigenvalue weighted by molar-refractivity contribution is -0.118. The third kappa shape index (κ3) is 2.00. The van der Waals surface area contributed by atoms with Crippen LogP contribution in [0.1, 0.15) is 18.0 Å². The van der Waals surface area contributed by atoms with Gasteiger partial charge in [0.25, 0.3) is 0 Å². The maximum atomic E-state index is 10.8. The molecule has 1 atom stereocenters. The molecule has 1 unspecified atom stereocenters. The minimum absolute atomic E-state index is 0.195. The number of primary amides is 1. The molecule has 15 heavy (non-hydrogen) atoms. The predicted octanol–water partition coefficient (Wildman–Crippen LogP) is 1.78. The second-order valence-electron chi connectivity index (χ2n) is 3.46. The third-order valence-electron chi connectivity index (χ3n) is 2.33. The van der Waals surface area contributed by atoms with Crippen molar-refractivity contribution in [1.82, 2.24) is 0 Å². The molecule has 0 saturated heterocycles. The van der Waals surface area contributed by atoms with Crippen LogP contribution in [0.3, 0.4) is 0 Å². The standard InChI is InChI=1S/C11H12N2OS/c12-9(5-11(13)14)8-6-15-10-4-2-1-3-7(8)10/h1-4,6,9H,5,12H2,(H2,13,14). The zero-order valence-corrected chi connectivity index (χ0v) is 8.96. The topological polar surface area (TPSA) is 69.1 Å². The van der Waals surface area contributed by atoms with Gasteiger partial charge in [0.05, 0.1) is 0 Å². The average molecular weight is 220 g/mol. The maximum absolute atomic E-state index is 10.8. The Morgan fingerprint density at radius 2 is 2.13 bits per heavy atom. The summed E-state index contributed by atoms with van der Waals surface area (Å²) in [6.07, 6.45) is 0.195. The molecule has 78 valence electrons. The van der Waals surface area contributed by atoms with E-state index in [1.807, 2.05) is 29.6 Å². The summed E-state index contributed by atoms with van der Waals surface area (Å²) in [4.78, 5) is 10.8. The van der Waals surface area contributed by atoms with Gasteiger partial charge in [0.2, 0.25) is 5.91 Å². The molecule has 1 heterocycles. The predicted molar refractivity (Wildman–Crippen MR) is 62.6 cm³/mol. The van der Waals surface area contributed by atoms with E-state index in [1.165, 1.54) is 4.70 Å². The third-order valence-corrected chi connectivity index (χ3v) is 3.31. The van der Waals surface area contributed by atoms with Crippen molar-refractivity contribution in [2.24, 2.45) is 11.5 Å². The molecule has 4 heteroatoms. The second-order valence-corrected chi connectivity index (χ2v) is 4.38. The summed E-state index contributed by atoms with van der Waals surface area (Å²) in [6, 6.07) is 7.72. The molecule has 0 radical (unpaired) electrons. The van der Waals surface area contributed by atoms with E-state index in [4.69, 9.17) is 11.5 Å². The van der Waals surface area contributed by atoms with Crippen molar-refractivity contribution >= 4 is 27.3 Å². The monoisotopic (exact) mass is 220 g/mol. The summed E-state index contributed by atoms with van der Waals surface area (Å²) in [5, 5.41) is 3.12. The number of rotatable bonds is 3. The van der Waals surface area contributed by atoms with Gasteiger partial charge in [0.15, 0.2) is 0 Å². The normalized spacial score (nSPS) is 12.9. The van der Waals surface area contributed by atoms with E-state index in [-0.39, 0.29) is 18.4 Å². The molecule has 2 rings (SSSR count). The molecule has 2 aromatic rings. The Balaban J connectivity index is 2.39. The molecule has 0 bridgehead atoms. The first-order valence-corrected chi connectivity index (χ1v) is 5.56. The van der Waals surface area contributed by atoms with Crippen LogP contribution < -0.4 is 11.5 Å². The van der Waals surface area contributed by atoms with Crippen LogP contribution in [0.4, 0.5) is 0 Å². The van der Waals surface area contributed by atoms with E-state index in [9.17, 15) is 4.79 Å². The fraction of sp³-hybridized carbons (Fsp3) is 0.182. The summed E-state index contributed by atoms with van der Waals surface area (Å²) in [7, 11) is 0.